The van der Waals surface area contributed by atoms with Gasteiger partial charge in [0.2, 0.25) is 0 Å². The molecule has 3 aromatic rings. The number of nitrogens with one attached hydrogen (secondary N) is 1. The highest BCUT2D eigenvalue weighted by molar-refractivity contribution is 5.74. The number of ether oxygens (including phenoxy) is 1. The van der Waals surface area contributed by atoms with E-state index in [1.165, 1.54) is 0 Å². The van der Waals surface area contributed by atoms with Gasteiger partial charge in [-0.05, 0) is 50.2 Å². The van der Waals surface area contributed by atoms with Crippen molar-refractivity contribution in [2.45, 2.75) is 18.8 Å². The molecule has 1 N–H and O–H groups in total. The summed E-state index contributed by atoms with van der Waals surface area (Å²) in [5.74, 6) is 2.40. The number of hydrogen-bond acceptors (Lipinski definition) is 4. The van der Waals surface area contributed by atoms with Crippen molar-refractivity contribution in [1.29, 1.82) is 0 Å². The molecule has 1 saturated heterocycles. The Hall–Kier alpha value is -2.40. The van der Waals surface area contributed by atoms with Crippen LogP contribution in [0, 0.1) is 0 Å². The maximum Gasteiger partial charge on any atom is 0.164 e. The second-order valence-electron chi connectivity index (χ2n) is 5.88. The molecule has 5 nitrogen and oxygen atoms in total. The first kappa shape index (κ1) is 14.2. The van der Waals surface area contributed by atoms with Gasteiger partial charge in [0.05, 0.1) is 12.8 Å². The zero-order valence-electron chi connectivity index (χ0n) is 13.2. The van der Waals surface area contributed by atoms with Crippen molar-refractivity contribution < 1.29 is 4.74 Å². The molecule has 1 aliphatic heterocycles. The summed E-state index contributed by atoms with van der Waals surface area (Å²) in [7, 11) is 1.69. The molecule has 0 spiro atoms. The number of aromatic nitrogens is 3. The quantitative estimate of drug-likeness (QED) is 0.808. The van der Waals surface area contributed by atoms with Crippen LogP contribution >= 0.6 is 0 Å². The van der Waals surface area contributed by atoms with Gasteiger partial charge >= 0.3 is 0 Å². The normalized spacial score (nSPS) is 15.9. The summed E-state index contributed by atoms with van der Waals surface area (Å²) < 4.78 is 7.57. The SMILES string of the molecule is COc1cccc(-n2c(C3CCNCC3)nc3cccnc32)c1. The van der Waals surface area contributed by atoms with Gasteiger partial charge in [0, 0.05) is 18.2 Å². The Labute approximate surface area is 135 Å². The Morgan fingerprint density at radius 3 is 2.87 bits per heavy atom. The van der Waals surface area contributed by atoms with E-state index in [0.29, 0.717) is 5.92 Å². The summed E-state index contributed by atoms with van der Waals surface area (Å²) in [6, 6.07) is 12.1. The van der Waals surface area contributed by atoms with Crippen molar-refractivity contribution in [1.82, 2.24) is 19.9 Å². The van der Waals surface area contributed by atoms with Crippen LogP contribution in [0.15, 0.2) is 42.6 Å². The summed E-state index contributed by atoms with van der Waals surface area (Å²) in [4.78, 5) is 9.47. The van der Waals surface area contributed by atoms with Gasteiger partial charge in [-0.25, -0.2) is 9.97 Å². The van der Waals surface area contributed by atoms with E-state index in [9.17, 15) is 0 Å². The molecule has 1 fully saturated rings. The number of rotatable bonds is 3. The Morgan fingerprint density at radius 1 is 1.17 bits per heavy atom. The molecule has 0 aliphatic carbocycles. The average molecular weight is 308 g/mol. The van der Waals surface area contributed by atoms with E-state index in [2.05, 4.69) is 20.9 Å². The smallest absolute Gasteiger partial charge is 0.164 e. The van der Waals surface area contributed by atoms with E-state index in [1.54, 1.807) is 7.11 Å². The molecule has 1 aromatic carbocycles. The zero-order chi connectivity index (χ0) is 15.6. The van der Waals surface area contributed by atoms with E-state index in [4.69, 9.17) is 9.72 Å². The van der Waals surface area contributed by atoms with Crippen LogP contribution in [-0.4, -0.2) is 34.7 Å². The van der Waals surface area contributed by atoms with E-state index < -0.39 is 0 Å². The molecule has 0 bridgehead atoms. The minimum atomic E-state index is 0.455. The number of fused-ring (bicyclic) bond motifs is 1. The van der Waals surface area contributed by atoms with Gasteiger partial charge in [0.15, 0.2) is 5.65 Å². The van der Waals surface area contributed by atoms with Gasteiger partial charge in [-0.3, -0.25) is 4.57 Å². The second kappa shape index (κ2) is 6.01. The largest absolute Gasteiger partial charge is 0.497 e. The van der Waals surface area contributed by atoms with E-state index in [0.717, 1.165) is 54.4 Å². The first-order valence-corrected chi connectivity index (χ1v) is 8.05. The van der Waals surface area contributed by atoms with Crippen molar-refractivity contribution in [3.63, 3.8) is 0 Å². The zero-order valence-corrected chi connectivity index (χ0v) is 13.2. The molecule has 2 aromatic heterocycles. The summed E-state index contributed by atoms with van der Waals surface area (Å²) in [5, 5.41) is 3.42. The lowest BCUT2D eigenvalue weighted by molar-refractivity contribution is 0.414. The molecule has 5 heteroatoms. The first-order valence-electron chi connectivity index (χ1n) is 8.05. The summed E-state index contributed by atoms with van der Waals surface area (Å²) in [6.45, 7) is 2.08. The van der Waals surface area contributed by atoms with Crippen molar-refractivity contribution in [3.05, 3.63) is 48.4 Å². The van der Waals surface area contributed by atoms with Crippen LogP contribution in [0.25, 0.3) is 16.9 Å². The van der Waals surface area contributed by atoms with Crippen LogP contribution < -0.4 is 10.1 Å². The van der Waals surface area contributed by atoms with Crippen LogP contribution in [0.3, 0.4) is 0 Å². The minimum Gasteiger partial charge on any atom is -0.497 e. The third-order valence-corrected chi connectivity index (χ3v) is 4.46. The number of imidazole rings is 1. The Balaban J connectivity index is 1.91. The molecule has 0 atom stereocenters. The lowest BCUT2D eigenvalue weighted by Crippen LogP contribution is -2.28. The molecule has 118 valence electrons. The molecule has 0 unspecified atom stereocenters. The number of nitrogens with zero attached hydrogens (tertiary/aromatic N) is 3. The standard InChI is InChI=1S/C18H20N4O/c1-23-15-5-2-4-14(12-15)22-17(13-7-10-19-11-8-13)21-16-6-3-9-20-18(16)22/h2-6,9,12-13,19H,7-8,10-11H2,1H3. The van der Waals surface area contributed by atoms with Gasteiger partial charge in [-0.2, -0.15) is 0 Å². The fourth-order valence-corrected chi connectivity index (χ4v) is 3.29. The molecular weight excluding hydrogens is 288 g/mol. The number of benzene rings is 1. The molecule has 23 heavy (non-hydrogen) atoms. The van der Waals surface area contributed by atoms with E-state index in [1.807, 2.05) is 36.5 Å². The predicted octanol–water partition coefficient (Wildman–Crippen LogP) is 2.90. The van der Waals surface area contributed by atoms with Crippen molar-refractivity contribution in [3.8, 4) is 11.4 Å². The lowest BCUT2D eigenvalue weighted by atomic mass is 9.97. The van der Waals surface area contributed by atoms with Gasteiger partial charge in [0.1, 0.15) is 17.1 Å². The van der Waals surface area contributed by atoms with Crippen LogP contribution in [0.4, 0.5) is 0 Å². The van der Waals surface area contributed by atoms with E-state index >= 15 is 0 Å². The summed E-state index contributed by atoms with van der Waals surface area (Å²) >= 11 is 0. The Bertz CT molecular complexity index is 821. The molecule has 4 rings (SSSR count). The second-order valence-corrected chi connectivity index (χ2v) is 5.88. The Kier molecular flexibility index (Phi) is 3.71. The topological polar surface area (TPSA) is 52.0 Å². The van der Waals surface area contributed by atoms with Gasteiger partial charge in [-0.1, -0.05) is 6.07 Å². The van der Waals surface area contributed by atoms with Crippen LogP contribution in [0.1, 0.15) is 24.6 Å². The Morgan fingerprint density at radius 2 is 2.04 bits per heavy atom. The lowest BCUT2D eigenvalue weighted by Gasteiger charge is -2.23. The van der Waals surface area contributed by atoms with Crippen molar-refractivity contribution in [2.75, 3.05) is 20.2 Å². The molecule has 0 amide bonds. The fourth-order valence-electron chi connectivity index (χ4n) is 3.29. The molecule has 1 aliphatic rings. The fraction of sp³-hybridized carbons (Fsp3) is 0.333. The van der Waals surface area contributed by atoms with Crippen LogP contribution in [-0.2, 0) is 0 Å². The third kappa shape index (κ3) is 2.57. The predicted molar refractivity (Wildman–Crippen MR) is 90.3 cm³/mol. The van der Waals surface area contributed by atoms with E-state index in [-0.39, 0.29) is 0 Å². The number of pyridine rings is 1. The van der Waals surface area contributed by atoms with Gasteiger partial charge in [0.25, 0.3) is 0 Å². The highest BCUT2D eigenvalue weighted by atomic mass is 16.5. The summed E-state index contributed by atoms with van der Waals surface area (Å²) in [6.07, 6.45) is 4.04. The van der Waals surface area contributed by atoms with Gasteiger partial charge < -0.3 is 10.1 Å². The first-order chi connectivity index (χ1) is 11.4. The average Bonchev–Trinajstić information content (AvgIpc) is 3.02. The third-order valence-electron chi connectivity index (χ3n) is 4.46. The molecule has 0 radical (unpaired) electrons. The molecule has 3 heterocycles. The maximum atomic E-state index is 5.39. The van der Waals surface area contributed by atoms with Gasteiger partial charge in [-0.15, -0.1) is 0 Å². The maximum absolute atomic E-state index is 5.39. The number of hydrogen-bond donors (Lipinski definition) is 1. The monoisotopic (exact) mass is 308 g/mol. The van der Waals surface area contributed by atoms with Crippen LogP contribution in [0.2, 0.25) is 0 Å². The number of piperidine rings is 1. The highest BCUT2D eigenvalue weighted by Gasteiger charge is 2.23. The van der Waals surface area contributed by atoms with Crippen LogP contribution in [0.5, 0.6) is 5.75 Å². The minimum absolute atomic E-state index is 0.455. The number of methoxy groups -OCH3 is 1. The van der Waals surface area contributed by atoms with Crippen molar-refractivity contribution in [2.24, 2.45) is 0 Å². The molecule has 0 saturated carbocycles. The summed E-state index contributed by atoms with van der Waals surface area (Å²) in [5.41, 5.74) is 2.91. The highest BCUT2D eigenvalue weighted by Crippen LogP contribution is 2.31. The molecular formula is C18H20N4O. The van der Waals surface area contributed by atoms with Crippen molar-refractivity contribution >= 4 is 11.2 Å².